The molecule has 0 atom stereocenters. The molecule has 0 aliphatic rings. The molecule has 6 heteroatoms. The number of rotatable bonds is 3. The molecule has 0 saturated carbocycles. The first-order chi connectivity index (χ1) is 9.32. The molecule has 1 aromatic heterocycles. The molecule has 20 heavy (non-hydrogen) atoms. The van der Waals surface area contributed by atoms with E-state index in [4.69, 9.17) is 5.73 Å². The van der Waals surface area contributed by atoms with Gasteiger partial charge in [-0.15, -0.1) is 11.3 Å². The molecule has 3 nitrogen and oxygen atoms in total. The largest absolute Gasteiger partial charge is 0.477 e. The minimum absolute atomic E-state index is 0.0753. The molecule has 106 valence electrons. The molecule has 1 heterocycles. The molecule has 0 spiro atoms. The summed E-state index contributed by atoms with van der Waals surface area (Å²) in [4.78, 5) is 12.1. The lowest BCUT2D eigenvalue weighted by Crippen LogP contribution is -2.00. The van der Waals surface area contributed by atoms with E-state index in [0.29, 0.717) is 10.2 Å². The number of benzene rings is 1. The van der Waals surface area contributed by atoms with Gasteiger partial charge < -0.3 is 10.8 Å². The zero-order valence-electron chi connectivity index (χ0n) is 10.9. The van der Waals surface area contributed by atoms with Crippen molar-refractivity contribution in [2.45, 2.75) is 19.8 Å². The van der Waals surface area contributed by atoms with Crippen molar-refractivity contribution in [3.05, 3.63) is 38.9 Å². The molecule has 0 amide bonds. The number of hydrogen-bond donors (Lipinski definition) is 2. The van der Waals surface area contributed by atoms with E-state index in [0.717, 1.165) is 27.3 Å². The predicted octanol–water partition coefficient (Wildman–Crippen LogP) is 4.72. The van der Waals surface area contributed by atoms with Gasteiger partial charge in [-0.25, -0.2) is 9.18 Å². The Kier molecular flexibility index (Phi) is 4.15. The van der Waals surface area contributed by atoms with Crippen molar-refractivity contribution in [1.82, 2.24) is 0 Å². The summed E-state index contributed by atoms with van der Waals surface area (Å²) in [5, 5.41) is 9.20. The molecular weight excluding hydrogens is 345 g/mol. The SMILES string of the molecule is CC(C)c1c(-c2ccc(F)cc2Br)sc(C(=O)O)c1N. The summed E-state index contributed by atoms with van der Waals surface area (Å²) in [5.74, 6) is -1.32. The van der Waals surface area contributed by atoms with E-state index in [1.54, 1.807) is 6.07 Å². The lowest BCUT2D eigenvalue weighted by atomic mass is 9.98. The Balaban J connectivity index is 2.73. The molecule has 0 bridgehead atoms. The van der Waals surface area contributed by atoms with Gasteiger partial charge in [0.15, 0.2) is 0 Å². The highest BCUT2D eigenvalue weighted by atomic mass is 79.9. The van der Waals surface area contributed by atoms with Crippen LogP contribution >= 0.6 is 27.3 Å². The van der Waals surface area contributed by atoms with Crippen LogP contribution in [-0.2, 0) is 0 Å². The molecular formula is C14H13BrFNO2S. The van der Waals surface area contributed by atoms with Gasteiger partial charge in [-0.2, -0.15) is 0 Å². The molecule has 3 N–H and O–H groups in total. The third-order valence-corrected chi connectivity index (χ3v) is 4.83. The van der Waals surface area contributed by atoms with Crippen molar-refractivity contribution < 1.29 is 14.3 Å². The van der Waals surface area contributed by atoms with Crippen LogP contribution in [-0.4, -0.2) is 11.1 Å². The Morgan fingerprint density at radius 2 is 2.10 bits per heavy atom. The van der Waals surface area contributed by atoms with E-state index in [9.17, 15) is 14.3 Å². The van der Waals surface area contributed by atoms with Gasteiger partial charge in [0, 0.05) is 14.9 Å². The molecule has 0 radical (unpaired) electrons. The number of aromatic carboxylic acids is 1. The number of halogens is 2. The third kappa shape index (κ3) is 2.58. The average molecular weight is 358 g/mol. The van der Waals surface area contributed by atoms with E-state index < -0.39 is 5.97 Å². The number of carboxylic acid groups (broad SMARTS) is 1. The van der Waals surface area contributed by atoms with Crippen LogP contribution in [0.4, 0.5) is 10.1 Å². The molecule has 1 aromatic carbocycles. The molecule has 2 aromatic rings. The van der Waals surface area contributed by atoms with E-state index in [2.05, 4.69) is 15.9 Å². The van der Waals surface area contributed by atoms with Gasteiger partial charge in [-0.1, -0.05) is 29.8 Å². The van der Waals surface area contributed by atoms with E-state index in [1.807, 2.05) is 13.8 Å². The second-order valence-corrected chi connectivity index (χ2v) is 6.55. The zero-order valence-corrected chi connectivity index (χ0v) is 13.3. The Morgan fingerprint density at radius 1 is 1.45 bits per heavy atom. The van der Waals surface area contributed by atoms with Gasteiger partial charge in [-0.05, 0) is 29.7 Å². The summed E-state index contributed by atoms with van der Waals surface area (Å²) in [6.45, 7) is 3.90. The molecule has 2 rings (SSSR count). The topological polar surface area (TPSA) is 63.3 Å². The van der Waals surface area contributed by atoms with Crippen LogP contribution in [0.1, 0.15) is 35.0 Å². The Bertz CT molecular complexity index is 682. The minimum atomic E-state index is -1.04. The van der Waals surface area contributed by atoms with Crippen molar-refractivity contribution in [3.8, 4) is 10.4 Å². The molecule has 0 unspecified atom stereocenters. The van der Waals surface area contributed by atoms with Crippen molar-refractivity contribution in [2.75, 3.05) is 5.73 Å². The van der Waals surface area contributed by atoms with E-state index in [-0.39, 0.29) is 16.6 Å². The smallest absolute Gasteiger partial charge is 0.348 e. The highest BCUT2D eigenvalue weighted by molar-refractivity contribution is 9.10. The second kappa shape index (κ2) is 5.54. The first-order valence-corrected chi connectivity index (χ1v) is 7.54. The van der Waals surface area contributed by atoms with Gasteiger partial charge in [0.25, 0.3) is 0 Å². The number of nitrogen functional groups attached to an aromatic ring is 1. The maximum absolute atomic E-state index is 13.2. The lowest BCUT2D eigenvalue weighted by Gasteiger charge is -2.10. The van der Waals surface area contributed by atoms with Crippen molar-refractivity contribution in [2.24, 2.45) is 0 Å². The summed E-state index contributed by atoms with van der Waals surface area (Å²) in [5.41, 5.74) is 7.80. The summed E-state index contributed by atoms with van der Waals surface area (Å²) < 4.78 is 13.8. The van der Waals surface area contributed by atoms with E-state index >= 15 is 0 Å². The number of thiophene rings is 1. The maximum atomic E-state index is 13.2. The number of carbonyl (C=O) groups is 1. The first kappa shape index (κ1) is 15.0. The fraction of sp³-hybridized carbons (Fsp3) is 0.214. The summed E-state index contributed by atoms with van der Waals surface area (Å²) in [6, 6.07) is 4.33. The van der Waals surface area contributed by atoms with Gasteiger partial charge >= 0.3 is 5.97 Å². The Hall–Kier alpha value is -1.40. The molecule has 0 saturated heterocycles. The number of hydrogen-bond acceptors (Lipinski definition) is 3. The second-order valence-electron chi connectivity index (χ2n) is 4.67. The van der Waals surface area contributed by atoms with Gasteiger partial charge in [-0.3, -0.25) is 0 Å². The molecule has 0 aliphatic carbocycles. The van der Waals surface area contributed by atoms with E-state index in [1.165, 1.54) is 12.1 Å². The normalized spacial score (nSPS) is 11.1. The van der Waals surface area contributed by atoms with Crippen LogP contribution in [0.15, 0.2) is 22.7 Å². The van der Waals surface area contributed by atoms with Crippen LogP contribution in [0.5, 0.6) is 0 Å². The quantitative estimate of drug-likeness (QED) is 0.835. The van der Waals surface area contributed by atoms with Gasteiger partial charge in [0.05, 0.1) is 5.69 Å². The Morgan fingerprint density at radius 3 is 2.60 bits per heavy atom. The minimum Gasteiger partial charge on any atom is -0.477 e. The summed E-state index contributed by atoms with van der Waals surface area (Å²) in [6.07, 6.45) is 0. The van der Waals surface area contributed by atoms with Crippen LogP contribution in [0.2, 0.25) is 0 Å². The number of carboxylic acids is 1. The molecule has 0 fully saturated rings. The van der Waals surface area contributed by atoms with Crippen molar-refractivity contribution >= 4 is 38.9 Å². The van der Waals surface area contributed by atoms with Crippen molar-refractivity contribution in [3.63, 3.8) is 0 Å². The predicted molar refractivity (Wildman–Crippen MR) is 82.9 cm³/mol. The summed E-state index contributed by atoms with van der Waals surface area (Å²) in [7, 11) is 0. The fourth-order valence-corrected chi connectivity index (χ4v) is 4.00. The first-order valence-electron chi connectivity index (χ1n) is 5.93. The van der Waals surface area contributed by atoms with Crippen molar-refractivity contribution in [1.29, 1.82) is 0 Å². The van der Waals surface area contributed by atoms with Crippen LogP contribution < -0.4 is 5.73 Å². The van der Waals surface area contributed by atoms with Crippen LogP contribution in [0, 0.1) is 5.82 Å². The highest BCUT2D eigenvalue weighted by Gasteiger charge is 2.24. The van der Waals surface area contributed by atoms with Gasteiger partial charge in [0.2, 0.25) is 0 Å². The Labute approximate surface area is 128 Å². The monoisotopic (exact) mass is 357 g/mol. The molecule has 0 aliphatic heterocycles. The maximum Gasteiger partial charge on any atom is 0.348 e. The van der Waals surface area contributed by atoms with Crippen LogP contribution in [0.25, 0.3) is 10.4 Å². The number of anilines is 1. The number of nitrogens with two attached hydrogens (primary N) is 1. The van der Waals surface area contributed by atoms with Gasteiger partial charge in [0.1, 0.15) is 10.7 Å². The average Bonchev–Trinajstić information content (AvgIpc) is 2.66. The third-order valence-electron chi connectivity index (χ3n) is 2.93. The zero-order chi connectivity index (χ0) is 15.0. The standard InChI is InChI=1S/C14H13BrFNO2S/c1-6(2)10-11(17)13(14(18)19)20-12(10)8-4-3-7(16)5-9(8)15/h3-6H,17H2,1-2H3,(H,18,19). The fourth-order valence-electron chi connectivity index (χ4n) is 2.06. The highest BCUT2D eigenvalue weighted by Crippen LogP contribution is 2.44. The van der Waals surface area contributed by atoms with Crippen LogP contribution in [0.3, 0.4) is 0 Å². The summed E-state index contributed by atoms with van der Waals surface area (Å²) >= 11 is 4.44. The lowest BCUT2D eigenvalue weighted by molar-refractivity contribution is 0.0703.